The van der Waals surface area contributed by atoms with Gasteiger partial charge in [0.15, 0.2) is 0 Å². The summed E-state index contributed by atoms with van der Waals surface area (Å²) in [5, 5.41) is 8.17. The van der Waals surface area contributed by atoms with Crippen LogP contribution in [0, 0.1) is 0 Å². The first kappa shape index (κ1) is 17.0. The van der Waals surface area contributed by atoms with E-state index >= 15 is 0 Å². The van der Waals surface area contributed by atoms with Gasteiger partial charge in [0.05, 0.1) is 12.0 Å². The number of carbonyl (C=O) groups is 1. The summed E-state index contributed by atoms with van der Waals surface area (Å²) in [6.45, 7) is 0.807. The molecule has 5 heteroatoms. The van der Waals surface area contributed by atoms with E-state index in [0.29, 0.717) is 4.88 Å². The smallest absolute Gasteiger partial charge is 0.265 e. The van der Waals surface area contributed by atoms with Crippen LogP contribution in [0.4, 0.5) is 11.4 Å². The number of ether oxygens (including phenoxy) is 1. The van der Waals surface area contributed by atoms with E-state index in [2.05, 4.69) is 16.7 Å². The Hall–Kier alpha value is -2.79. The van der Waals surface area contributed by atoms with Crippen LogP contribution in [0.3, 0.4) is 0 Å². The molecule has 0 saturated carbocycles. The van der Waals surface area contributed by atoms with E-state index in [1.165, 1.54) is 16.9 Å². The zero-order chi connectivity index (χ0) is 17.5. The van der Waals surface area contributed by atoms with Crippen LogP contribution < -0.4 is 15.4 Å². The largest absolute Gasteiger partial charge is 0.496 e. The fraction of sp³-hybridized carbons (Fsp3) is 0.150. The van der Waals surface area contributed by atoms with Crippen molar-refractivity contribution >= 4 is 28.6 Å². The lowest BCUT2D eigenvalue weighted by Crippen LogP contribution is -2.10. The van der Waals surface area contributed by atoms with Gasteiger partial charge < -0.3 is 15.4 Å². The highest BCUT2D eigenvalue weighted by molar-refractivity contribution is 7.12. The standard InChI is InChI=1S/C20H20N2O2S/c1-24-18-6-3-2-5-15(18)12-13-21-16-8-10-17(11-9-16)22-20(23)19-7-4-14-25-19/h2-11,14,21H,12-13H2,1H3,(H,22,23). The van der Waals surface area contributed by atoms with E-state index in [1.54, 1.807) is 7.11 Å². The molecule has 0 radical (unpaired) electrons. The summed E-state index contributed by atoms with van der Waals surface area (Å²) in [5.74, 6) is 0.836. The minimum Gasteiger partial charge on any atom is -0.496 e. The molecule has 0 aliphatic rings. The van der Waals surface area contributed by atoms with Crippen LogP contribution in [0.1, 0.15) is 15.2 Å². The average molecular weight is 352 g/mol. The lowest BCUT2D eigenvalue weighted by atomic mass is 10.1. The summed E-state index contributed by atoms with van der Waals surface area (Å²) in [5.41, 5.74) is 2.98. The second-order valence-electron chi connectivity index (χ2n) is 5.50. The third kappa shape index (κ3) is 4.61. The van der Waals surface area contributed by atoms with Crippen LogP contribution in [0.5, 0.6) is 5.75 Å². The van der Waals surface area contributed by atoms with Gasteiger partial charge in [-0.15, -0.1) is 11.3 Å². The van der Waals surface area contributed by atoms with Crippen molar-refractivity contribution in [2.24, 2.45) is 0 Å². The number of benzene rings is 2. The minimum absolute atomic E-state index is 0.0770. The number of thiophene rings is 1. The van der Waals surface area contributed by atoms with Crippen molar-refractivity contribution in [2.45, 2.75) is 6.42 Å². The minimum atomic E-state index is -0.0770. The molecule has 0 bridgehead atoms. The maximum atomic E-state index is 12.0. The quantitative estimate of drug-likeness (QED) is 0.650. The van der Waals surface area contributed by atoms with Gasteiger partial charge >= 0.3 is 0 Å². The van der Waals surface area contributed by atoms with Crippen molar-refractivity contribution in [1.82, 2.24) is 0 Å². The van der Waals surface area contributed by atoms with Gasteiger partial charge in [-0.1, -0.05) is 24.3 Å². The Bertz CT molecular complexity index is 814. The number of amides is 1. The van der Waals surface area contributed by atoms with Crippen LogP contribution in [0.25, 0.3) is 0 Å². The predicted octanol–water partition coefficient (Wildman–Crippen LogP) is 4.66. The summed E-state index contributed by atoms with van der Waals surface area (Å²) >= 11 is 1.43. The fourth-order valence-corrected chi connectivity index (χ4v) is 3.14. The molecule has 128 valence electrons. The lowest BCUT2D eigenvalue weighted by molar-refractivity contribution is 0.103. The Morgan fingerprint density at radius 3 is 2.48 bits per heavy atom. The maximum absolute atomic E-state index is 12.0. The van der Waals surface area contributed by atoms with Gasteiger partial charge in [0, 0.05) is 17.9 Å². The summed E-state index contributed by atoms with van der Waals surface area (Å²) in [4.78, 5) is 12.7. The third-order valence-corrected chi connectivity index (χ3v) is 4.67. The van der Waals surface area contributed by atoms with Crippen molar-refractivity contribution in [3.05, 3.63) is 76.5 Å². The third-order valence-electron chi connectivity index (χ3n) is 3.80. The Balaban J connectivity index is 1.52. The predicted molar refractivity (Wildman–Crippen MR) is 104 cm³/mol. The molecule has 0 spiro atoms. The van der Waals surface area contributed by atoms with Gasteiger partial charge in [0.1, 0.15) is 5.75 Å². The summed E-state index contributed by atoms with van der Waals surface area (Å²) < 4.78 is 5.36. The van der Waals surface area contributed by atoms with Gasteiger partial charge in [0.25, 0.3) is 5.91 Å². The van der Waals surface area contributed by atoms with Crippen LogP contribution in [0.2, 0.25) is 0 Å². The number of carbonyl (C=O) groups excluding carboxylic acids is 1. The molecule has 0 fully saturated rings. The van der Waals surface area contributed by atoms with E-state index < -0.39 is 0 Å². The number of anilines is 2. The van der Waals surface area contributed by atoms with Crippen molar-refractivity contribution in [3.8, 4) is 5.75 Å². The Labute approximate surface area is 151 Å². The highest BCUT2D eigenvalue weighted by Gasteiger charge is 2.06. The average Bonchev–Trinajstić information content (AvgIpc) is 3.18. The summed E-state index contributed by atoms with van der Waals surface area (Å²) in [6.07, 6.45) is 0.876. The molecule has 0 aliphatic carbocycles. The molecule has 3 rings (SSSR count). The number of para-hydroxylation sites is 1. The number of hydrogen-bond donors (Lipinski definition) is 2. The molecule has 25 heavy (non-hydrogen) atoms. The topological polar surface area (TPSA) is 50.4 Å². The molecule has 0 atom stereocenters. The molecule has 1 amide bonds. The zero-order valence-electron chi connectivity index (χ0n) is 14.0. The van der Waals surface area contributed by atoms with Crippen LogP contribution in [0.15, 0.2) is 66.0 Å². The van der Waals surface area contributed by atoms with Crippen LogP contribution >= 0.6 is 11.3 Å². The van der Waals surface area contributed by atoms with Gasteiger partial charge in [0.2, 0.25) is 0 Å². The normalized spacial score (nSPS) is 10.3. The maximum Gasteiger partial charge on any atom is 0.265 e. The van der Waals surface area contributed by atoms with Crippen molar-refractivity contribution in [2.75, 3.05) is 24.3 Å². The molecule has 0 saturated heterocycles. The van der Waals surface area contributed by atoms with Gasteiger partial charge in [-0.2, -0.15) is 0 Å². The Morgan fingerprint density at radius 2 is 1.76 bits per heavy atom. The SMILES string of the molecule is COc1ccccc1CCNc1ccc(NC(=O)c2cccs2)cc1. The van der Waals surface area contributed by atoms with Crippen LogP contribution in [-0.4, -0.2) is 19.6 Å². The highest BCUT2D eigenvalue weighted by Crippen LogP contribution is 2.19. The zero-order valence-corrected chi connectivity index (χ0v) is 14.8. The summed E-state index contributed by atoms with van der Waals surface area (Å²) in [7, 11) is 1.69. The van der Waals surface area contributed by atoms with Crippen molar-refractivity contribution < 1.29 is 9.53 Å². The number of hydrogen-bond acceptors (Lipinski definition) is 4. The molecule has 0 aliphatic heterocycles. The van der Waals surface area contributed by atoms with Gasteiger partial charge in [-0.3, -0.25) is 4.79 Å². The first-order valence-electron chi connectivity index (χ1n) is 8.07. The molecule has 3 aromatic rings. The monoisotopic (exact) mass is 352 g/mol. The molecular formula is C20H20N2O2S. The number of rotatable bonds is 7. The fourth-order valence-electron chi connectivity index (χ4n) is 2.52. The van der Waals surface area contributed by atoms with Crippen molar-refractivity contribution in [1.29, 1.82) is 0 Å². The number of nitrogens with one attached hydrogen (secondary N) is 2. The van der Waals surface area contributed by atoms with E-state index in [-0.39, 0.29) is 5.91 Å². The molecule has 1 heterocycles. The van der Waals surface area contributed by atoms with Crippen LogP contribution in [-0.2, 0) is 6.42 Å². The second-order valence-corrected chi connectivity index (χ2v) is 6.45. The molecule has 4 nitrogen and oxygen atoms in total. The van der Waals surface area contributed by atoms with Gasteiger partial charge in [-0.05, 0) is 53.8 Å². The number of methoxy groups -OCH3 is 1. The summed E-state index contributed by atoms with van der Waals surface area (Å²) in [6, 6.07) is 19.4. The molecule has 0 unspecified atom stereocenters. The van der Waals surface area contributed by atoms with Crippen molar-refractivity contribution in [3.63, 3.8) is 0 Å². The first-order chi connectivity index (χ1) is 12.3. The molecular weight excluding hydrogens is 332 g/mol. The molecule has 2 aromatic carbocycles. The highest BCUT2D eigenvalue weighted by atomic mass is 32.1. The Morgan fingerprint density at radius 1 is 1.00 bits per heavy atom. The molecule has 1 aromatic heterocycles. The van der Waals surface area contributed by atoms with E-state index in [0.717, 1.165) is 30.1 Å². The molecule has 2 N–H and O–H groups in total. The lowest BCUT2D eigenvalue weighted by Gasteiger charge is -2.10. The second kappa shape index (κ2) is 8.35. The van der Waals surface area contributed by atoms with E-state index in [9.17, 15) is 4.79 Å². The van der Waals surface area contributed by atoms with E-state index in [4.69, 9.17) is 4.74 Å². The van der Waals surface area contributed by atoms with Gasteiger partial charge in [-0.25, -0.2) is 0 Å². The first-order valence-corrected chi connectivity index (χ1v) is 8.95. The Kier molecular flexibility index (Phi) is 5.69. The van der Waals surface area contributed by atoms with E-state index in [1.807, 2.05) is 60.0 Å².